The van der Waals surface area contributed by atoms with E-state index in [1.54, 1.807) is 29.2 Å². The van der Waals surface area contributed by atoms with Crippen molar-refractivity contribution in [3.05, 3.63) is 65.2 Å². The van der Waals surface area contributed by atoms with Crippen LogP contribution < -0.4 is 0 Å². The molecular formula is C20H21FN2O5. The number of esters is 2. The highest BCUT2D eigenvalue weighted by molar-refractivity contribution is 5.93. The maximum atomic E-state index is 12.9. The standard InChI is InChI=1S/C20H21FN2O5/c1-4-23(19(26)17-9-10-18(21)22-11-17)12-15-5-7-16(8-6-15)20(27-13(2)24)28-14(3)25/h5-11,20H,4,12H2,1-3H3. The van der Waals surface area contributed by atoms with Crippen LogP contribution in [0.1, 0.15) is 48.5 Å². The summed E-state index contributed by atoms with van der Waals surface area (Å²) in [6.45, 7) is 5.04. The van der Waals surface area contributed by atoms with Crippen molar-refractivity contribution in [2.75, 3.05) is 6.54 Å². The number of pyridine rings is 1. The minimum Gasteiger partial charge on any atom is -0.421 e. The Labute approximate surface area is 162 Å². The highest BCUT2D eigenvalue weighted by Gasteiger charge is 2.19. The fraction of sp³-hybridized carbons (Fsp3) is 0.300. The molecule has 0 aliphatic rings. The Balaban J connectivity index is 2.12. The maximum Gasteiger partial charge on any atom is 0.305 e. The Kier molecular flexibility index (Phi) is 7.20. The number of carbonyl (C=O) groups is 3. The summed E-state index contributed by atoms with van der Waals surface area (Å²) in [5, 5.41) is 0. The first-order valence-corrected chi connectivity index (χ1v) is 8.64. The van der Waals surface area contributed by atoms with Crippen LogP contribution in [0.15, 0.2) is 42.6 Å². The predicted octanol–water partition coefficient (Wildman–Crippen LogP) is 3.01. The predicted molar refractivity (Wildman–Crippen MR) is 97.3 cm³/mol. The average Bonchev–Trinajstić information content (AvgIpc) is 2.65. The summed E-state index contributed by atoms with van der Waals surface area (Å²) in [5.41, 5.74) is 1.61. The first kappa shape index (κ1) is 21.0. The number of amides is 1. The van der Waals surface area contributed by atoms with Crippen LogP contribution in [-0.4, -0.2) is 34.3 Å². The van der Waals surface area contributed by atoms with E-state index in [0.29, 0.717) is 24.2 Å². The van der Waals surface area contributed by atoms with Gasteiger partial charge in [-0.3, -0.25) is 14.4 Å². The van der Waals surface area contributed by atoms with E-state index in [2.05, 4.69) is 4.98 Å². The molecule has 0 bridgehead atoms. The molecule has 0 fully saturated rings. The summed E-state index contributed by atoms with van der Waals surface area (Å²) in [6.07, 6.45) is 0.0740. The molecule has 8 heteroatoms. The minimum atomic E-state index is -1.13. The third-order valence-corrected chi connectivity index (χ3v) is 3.81. The molecule has 148 valence electrons. The Bertz CT molecular complexity index is 821. The summed E-state index contributed by atoms with van der Waals surface area (Å²) in [5.74, 6) is -2.07. The van der Waals surface area contributed by atoms with Crippen LogP contribution in [0, 0.1) is 5.95 Å². The number of hydrogen-bond acceptors (Lipinski definition) is 6. The topological polar surface area (TPSA) is 85.8 Å². The van der Waals surface area contributed by atoms with Gasteiger partial charge in [-0.15, -0.1) is 0 Å². The molecule has 2 rings (SSSR count). The lowest BCUT2D eigenvalue weighted by Gasteiger charge is -2.22. The van der Waals surface area contributed by atoms with E-state index in [0.717, 1.165) is 11.6 Å². The molecule has 0 N–H and O–H groups in total. The highest BCUT2D eigenvalue weighted by Crippen LogP contribution is 2.21. The number of nitrogens with zero attached hydrogens (tertiary/aromatic N) is 2. The second-order valence-corrected chi connectivity index (χ2v) is 5.98. The monoisotopic (exact) mass is 388 g/mol. The molecule has 0 aliphatic carbocycles. The van der Waals surface area contributed by atoms with Gasteiger partial charge in [-0.1, -0.05) is 24.3 Å². The van der Waals surface area contributed by atoms with Crippen LogP contribution in [-0.2, 0) is 25.6 Å². The highest BCUT2D eigenvalue weighted by atomic mass is 19.1. The maximum absolute atomic E-state index is 12.9. The second kappa shape index (κ2) is 9.59. The van der Waals surface area contributed by atoms with Crippen molar-refractivity contribution in [2.45, 2.75) is 33.6 Å². The van der Waals surface area contributed by atoms with Gasteiger partial charge in [0.05, 0.1) is 5.56 Å². The van der Waals surface area contributed by atoms with Crippen molar-refractivity contribution in [3.8, 4) is 0 Å². The molecule has 0 aliphatic heterocycles. The van der Waals surface area contributed by atoms with E-state index in [1.807, 2.05) is 6.92 Å². The first-order chi connectivity index (χ1) is 13.3. The third kappa shape index (κ3) is 5.87. The van der Waals surface area contributed by atoms with Crippen molar-refractivity contribution in [3.63, 3.8) is 0 Å². The van der Waals surface area contributed by atoms with Crippen LogP contribution in [0.2, 0.25) is 0 Å². The van der Waals surface area contributed by atoms with Crippen LogP contribution in [0.4, 0.5) is 4.39 Å². The van der Waals surface area contributed by atoms with Gasteiger partial charge in [-0.05, 0) is 24.6 Å². The number of aromatic nitrogens is 1. The largest absolute Gasteiger partial charge is 0.421 e. The summed E-state index contributed by atoms with van der Waals surface area (Å²) >= 11 is 0. The van der Waals surface area contributed by atoms with Crippen molar-refractivity contribution in [2.24, 2.45) is 0 Å². The third-order valence-electron chi connectivity index (χ3n) is 3.81. The fourth-order valence-electron chi connectivity index (χ4n) is 2.47. The fourth-order valence-corrected chi connectivity index (χ4v) is 2.47. The quantitative estimate of drug-likeness (QED) is 0.412. The number of carbonyl (C=O) groups excluding carboxylic acids is 3. The van der Waals surface area contributed by atoms with Gasteiger partial charge in [-0.2, -0.15) is 4.39 Å². The molecular weight excluding hydrogens is 367 g/mol. The van der Waals surface area contributed by atoms with Gasteiger partial charge in [0.2, 0.25) is 5.95 Å². The normalized spacial score (nSPS) is 10.5. The molecule has 0 radical (unpaired) electrons. The zero-order valence-electron chi connectivity index (χ0n) is 15.8. The summed E-state index contributed by atoms with van der Waals surface area (Å²) in [4.78, 5) is 40.1. The van der Waals surface area contributed by atoms with Crippen LogP contribution in [0.5, 0.6) is 0 Å². The molecule has 0 atom stereocenters. The van der Waals surface area contributed by atoms with Gasteiger partial charge in [-0.25, -0.2) is 4.98 Å². The van der Waals surface area contributed by atoms with Gasteiger partial charge < -0.3 is 14.4 Å². The molecule has 0 saturated carbocycles. The van der Waals surface area contributed by atoms with Gasteiger partial charge >= 0.3 is 11.9 Å². The molecule has 1 amide bonds. The van der Waals surface area contributed by atoms with Crippen LogP contribution in [0.25, 0.3) is 0 Å². The number of rotatable bonds is 7. The Morgan fingerprint density at radius 3 is 2.11 bits per heavy atom. The Hall–Kier alpha value is -3.29. The van der Waals surface area contributed by atoms with E-state index in [-0.39, 0.29) is 5.91 Å². The van der Waals surface area contributed by atoms with Gasteiger partial charge in [0.25, 0.3) is 12.2 Å². The van der Waals surface area contributed by atoms with E-state index in [9.17, 15) is 18.8 Å². The first-order valence-electron chi connectivity index (χ1n) is 8.64. The number of benzene rings is 1. The van der Waals surface area contributed by atoms with Gasteiger partial charge in [0.15, 0.2) is 0 Å². The zero-order valence-corrected chi connectivity index (χ0v) is 15.8. The van der Waals surface area contributed by atoms with Crippen LogP contribution in [0.3, 0.4) is 0 Å². The molecule has 2 aromatic rings. The lowest BCUT2D eigenvalue weighted by Crippen LogP contribution is -2.30. The summed E-state index contributed by atoms with van der Waals surface area (Å²) in [6, 6.07) is 9.33. The lowest BCUT2D eigenvalue weighted by atomic mass is 10.1. The van der Waals surface area contributed by atoms with Crippen molar-refractivity contribution in [1.29, 1.82) is 0 Å². The molecule has 1 heterocycles. The molecule has 7 nitrogen and oxygen atoms in total. The molecule has 0 spiro atoms. The summed E-state index contributed by atoms with van der Waals surface area (Å²) in [7, 11) is 0. The van der Waals surface area contributed by atoms with Gasteiger partial charge in [0.1, 0.15) is 0 Å². The number of ether oxygens (including phenoxy) is 2. The van der Waals surface area contributed by atoms with Crippen LogP contribution >= 0.6 is 0 Å². The molecule has 0 saturated heterocycles. The number of halogens is 1. The second-order valence-electron chi connectivity index (χ2n) is 5.98. The molecule has 1 aromatic carbocycles. The lowest BCUT2D eigenvalue weighted by molar-refractivity contribution is -0.186. The van der Waals surface area contributed by atoms with E-state index in [4.69, 9.17) is 9.47 Å². The smallest absolute Gasteiger partial charge is 0.305 e. The Morgan fingerprint density at radius 1 is 1.04 bits per heavy atom. The van der Waals surface area contributed by atoms with E-state index < -0.39 is 24.2 Å². The zero-order chi connectivity index (χ0) is 20.7. The van der Waals surface area contributed by atoms with Gasteiger partial charge in [0, 0.05) is 38.7 Å². The molecule has 0 unspecified atom stereocenters. The van der Waals surface area contributed by atoms with E-state index in [1.165, 1.54) is 26.1 Å². The SMILES string of the molecule is CCN(Cc1ccc(C(OC(C)=O)OC(C)=O)cc1)C(=O)c1ccc(F)nc1. The summed E-state index contributed by atoms with van der Waals surface area (Å²) < 4.78 is 23.0. The molecule has 1 aromatic heterocycles. The number of hydrogen-bond donors (Lipinski definition) is 0. The Morgan fingerprint density at radius 2 is 1.64 bits per heavy atom. The van der Waals surface area contributed by atoms with Crippen molar-refractivity contribution < 1.29 is 28.2 Å². The molecule has 28 heavy (non-hydrogen) atoms. The minimum absolute atomic E-state index is 0.267. The van der Waals surface area contributed by atoms with Crippen molar-refractivity contribution >= 4 is 17.8 Å². The van der Waals surface area contributed by atoms with E-state index >= 15 is 0 Å². The van der Waals surface area contributed by atoms with Crippen molar-refractivity contribution in [1.82, 2.24) is 9.88 Å². The average molecular weight is 388 g/mol.